The molecule has 5 rings (SSSR count). The second kappa shape index (κ2) is 9.65. The maximum atomic E-state index is 14.1. The summed E-state index contributed by atoms with van der Waals surface area (Å²) in [5, 5.41) is 7.17. The van der Waals surface area contributed by atoms with E-state index in [0.29, 0.717) is 40.7 Å². The molecule has 0 bridgehead atoms. The van der Waals surface area contributed by atoms with Gasteiger partial charge in [-0.2, -0.15) is 4.98 Å². The van der Waals surface area contributed by atoms with E-state index in [1.807, 2.05) is 45.0 Å². The Labute approximate surface area is 208 Å². The first-order valence-electron chi connectivity index (χ1n) is 11.7. The number of aromatic nitrogens is 2. The molecular formula is C28H25FN4O3. The van der Waals surface area contributed by atoms with Crippen LogP contribution in [0.15, 0.2) is 83.0 Å². The van der Waals surface area contributed by atoms with Crippen molar-refractivity contribution >= 4 is 17.3 Å². The number of nitrogens with one attached hydrogen (secondary N) is 1. The molecule has 36 heavy (non-hydrogen) atoms. The summed E-state index contributed by atoms with van der Waals surface area (Å²) in [4.78, 5) is 19.5. The summed E-state index contributed by atoms with van der Waals surface area (Å²) < 4.78 is 25.4. The molecule has 0 aliphatic carbocycles. The first-order chi connectivity index (χ1) is 17.4. The van der Waals surface area contributed by atoms with Gasteiger partial charge in [-0.25, -0.2) is 9.18 Å². The van der Waals surface area contributed by atoms with Gasteiger partial charge < -0.3 is 14.6 Å². The molecule has 2 heterocycles. The number of amides is 2. The van der Waals surface area contributed by atoms with E-state index in [1.165, 1.54) is 17.0 Å². The number of rotatable bonds is 6. The van der Waals surface area contributed by atoms with Gasteiger partial charge in [0.25, 0.3) is 5.89 Å². The average Bonchev–Trinajstić information content (AvgIpc) is 3.35. The third-order valence-electron chi connectivity index (χ3n) is 6.04. The summed E-state index contributed by atoms with van der Waals surface area (Å²) in [6, 6.07) is 20.1. The molecular weight excluding hydrogens is 459 g/mol. The predicted molar refractivity (Wildman–Crippen MR) is 135 cm³/mol. The number of hydrogen-bond donors (Lipinski definition) is 1. The third-order valence-corrected chi connectivity index (χ3v) is 6.04. The summed E-state index contributed by atoms with van der Waals surface area (Å²) in [7, 11) is 0. The van der Waals surface area contributed by atoms with Crippen molar-refractivity contribution in [3.63, 3.8) is 0 Å². The SMILES string of the molecule is CCOc1ccc(N2C(=O)NC(c3cccc(F)c3)C(c3nc(-c4ccc(C)cc4)no3)=C2C)cc1. The van der Waals surface area contributed by atoms with Crippen molar-refractivity contribution in [2.75, 3.05) is 11.5 Å². The maximum absolute atomic E-state index is 14.1. The summed E-state index contributed by atoms with van der Waals surface area (Å²) in [5.41, 5.74) is 4.31. The lowest BCUT2D eigenvalue weighted by Crippen LogP contribution is -2.46. The van der Waals surface area contributed by atoms with Crippen LogP contribution >= 0.6 is 0 Å². The van der Waals surface area contributed by atoms with Crippen LogP contribution < -0.4 is 15.0 Å². The first kappa shape index (κ1) is 23.3. The van der Waals surface area contributed by atoms with Gasteiger partial charge in [0.15, 0.2) is 0 Å². The van der Waals surface area contributed by atoms with Crippen LogP contribution in [0.5, 0.6) is 5.75 Å². The molecule has 1 N–H and O–H groups in total. The Morgan fingerprint density at radius 1 is 1.06 bits per heavy atom. The highest BCUT2D eigenvalue weighted by Crippen LogP contribution is 2.39. The fourth-order valence-corrected chi connectivity index (χ4v) is 4.28. The number of carbonyl (C=O) groups is 1. The number of nitrogens with zero attached hydrogens (tertiary/aromatic N) is 3. The first-order valence-corrected chi connectivity index (χ1v) is 11.7. The topological polar surface area (TPSA) is 80.5 Å². The molecule has 1 aliphatic rings. The van der Waals surface area contributed by atoms with Crippen molar-refractivity contribution in [1.82, 2.24) is 15.5 Å². The molecule has 1 aliphatic heterocycles. The molecule has 0 saturated heterocycles. The molecule has 0 spiro atoms. The largest absolute Gasteiger partial charge is 0.494 e. The molecule has 182 valence electrons. The molecule has 1 atom stereocenters. The minimum atomic E-state index is -0.682. The van der Waals surface area contributed by atoms with Gasteiger partial charge >= 0.3 is 6.03 Å². The summed E-state index contributed by atoms with van der Waals surface area (Å²) in [6.45, 7) is 6.27. The molecule has 1 aromatic heterocycles. The molecule has 8 heteroatoms. The minimum absolute atomic E-state index is 0.244. The fraction of sp³-hybridized carbons (Fsp3) is 0.179. The van der Waals surface area contributed by atoms with E-state index in [4.69, 9.17) is 9.26 Å². The fourth-order valence-electron chi connectivity index (χ4n) is 4.28. The van der Waals surface area contributed by atoms with Gasteiger partial charge in [0.05, 0.1) is 23.9 Å². The van der Waals surface area contributed by atoms with Crippen molar-refractivity contribution in [3.05, 3.63) is 101 Å². The van der Waals surface area contributed by atoms with Gasteiger partial charge in [-0.05, 0) is 62.7 Å². The number of halogens is 1. The Morgan fingerprint density at radius 2 is 1.81 bits per heavy atom. The van der Waals surface area contributed by atoms with Crippen molar-refractivity contribution in [1.29, 1.82) is 0 Å². The molecule has 2 amide bonds. The van der Waals surface area contributed by atoms with Crippen molar-refractivity contribution in [2.45, 2.75) is 26.8 Å². The minimum Gasteiger partial charge on any atom is -0.494 e. The van der Waals surface area contributed by atoms with Crippen molar-refractivity contribution < 1.29 is 18.4 Å². The highest BCUT2D eigenvalue weighted by atomic mass is 19.1. The molecule has 7 nitrogen and oxygen atoms in total. The van der Waals surface area contributed by atoms with E-state index in [-0.39, 0.29) is 11.9 Å². The van der Waals surface area contributed by atoms with Crippen LogP contribution in [0.1, 0.15) is 36.9 Å². The smallest absolute Gasteiger partial charge is 0.326 e. The zero-order valence-electron chi connectivity index (χ0n) is 20.2. The Morgan fingerprint density at radius 3 is 2.50 bits per heavy atom. The zero-order valence-corrected chi connectivity index (χ0v) is 20.2. The van der Waals surface area contributed by atoms with Crippen LogP contribution in [0.3, 0.4) is 0 Å². The van der Waals surface area contributed by atoms with Crippen LogP contribution in [-0.2, 0) is 0 Å². The van der Waals surface area contributed by atoms with Gasteiger partial charge in [-0.3, -0.25) is 4.90 Å². The highest BCUT2D eigenvalue weighted by Gasteiger charge is 2.36. The number of aryl methyl sites for hydroxylation is 1. The van der Waals surface area contributed by atoms with Crippen LogP contribution in [0, 0.1) is 12.7 Å². The van der Waals surface area contributed by atoms with Gasteiger partial charge in [-0.1, -0.05) is 47.1 Å². The Balaban J connectivity index is 1.62. The monoisotopic (exact) mass is 484 g/mol. The number of anilines is 1. The number of ether oxygens (including phenoxy) is 1. The molecule has 0 saturated carbocycles. The lowest BCUT2D eigenvalue weighted by molar-refractivity contribution is 0.244. The number of urea groups is 1. The van der Waals surface area contributed by atoms with Gasteiger partial charge in [-0.15, -0.1) is 0 Å². The number of benzene rings is 3. The molecule has 0 fully saturated rings. The number of hydrogen-bond acceptors (Lipinski definition) is 5. The summed E-state index contributed by atoms with van der Waals surface area (Å²) in [5.74, 6) is 0.970. The van der Waals surface area contributed by atoms with Crippen LogP contribution in [0.4, 0.5) is 14.9 Å². The van der Waals surface area contributed by atoms with E-state index >= 15 is 0 Å². The summed E-state index contributed by atoms with van der Waals surface area (Å²) in [6.07, 6.45) is 0. The van der Waals surface area contributed by atoms with Crippen LogP contribution in [0.2, 0.25) is 0 Å². The second-order valence-electron chi connectivity index (χ2n) is 8.49. The summed E-state index contributed by atoms with van der Waals surface area (Å²) >= 11 is 0. The second-order valence-corrected chi connectivity index (χ2v) is 8.49. The number of allylic oxidation sites excluding steroid dienone is 1. The Hall–Kier alpha value is -4.46. The quantitative estimate of drug-likeness (QED) is 0.348. The van der Waals surface area contributed by atoms with E-state index < -0.39 is 11.9 Å². The third kappa shape index (κ3) is 4.45. The number of carbonyl (C=O) groups excluding carboxylic acids is 1. The van der Waals surface area contributed by atoms with Gasteiger partial charge in [0.2, 0.25) is 5.82 Å². The van der Waals surface area contributed by atoms with Crippen molar-refractivity contribution in [3.8, 4) is 17.1 Å². The van der Waals surface area contributed by atoms with E-state index in [9.17, 15) is 9.18 Å². The van der Waals surface area contributed by atoms with E-state index in [2.05, 4.69) is 15.5 Å². The zero-order chi connectivity index (χ0) is 25.2. The lowest BCUT2D eigenvalue weighted by Gasteiger charge is -2.35. The molecule has 4 aromatic rings. The van der Waals surface area contributed by atoms with Gasteiger partial charge in [0.1, 0.15) is 11.6 Å². The molecule has 3 aromatic carbocycles. The standard InChI is InChI=1S/C28H25FN4O3/c1-4-35-23-14-12-22(13-15-23)33-18(3)24(25(30-28(33)34)20-6-5-7-21(29)16-20)27-31-26(32-36-27)19-10-8-17(2)9-11-19/h5-16,25H,4H2,1-3H3,(H,30,34). The average molecular weight is 485 g/mol. The van der Waals surface area contributed by atoms with E-state index in [1.54, 1.807) is 36.4 Å². The van der Waals surface area contributed by atoms with Crippen LogP contribution in [0.25, 0.3) is 17.0 Å². The normalized spacial score (nSPS) is 15.7. The predicted octanol–water partition coefficient (Wildman–Crippen LogP) is 6.28. The van der Waals surface area contributed by atoms with Crippen molar-refractivity contribution in [2.24, 2.45) is 0 Å². The van der Waals surface area contributed by atoms with Crippen LogP contribution in [-0.4, -0.2) is 22.8 Å². The Bertz CT molecular complexity index is 1430. The highest BCUT2D eigenvalue weighted by molar-refractivity contribution is 6.01. The van der Waals surface area contributed by atoms with Gasteiger partial charge in [0, 0.05) is 11.3 Å². The lowest BCUT2D eigenvalue weighted by atomic mass is 9.94. The molecule has 1 unspecified atom stereocenters. The Kier molecular flexibility index (Phi) is 6.25. The van der Waals surface area contributed by atoms with E-state index in [0.717, 1.165) is 11.1 Å². The molecule has 0 radical (unpaired) electrons. The maximum Gasteiger partial charge on any atom is 0.326 e.